The Morgan fingerprint density at radius 3 is 2.67 bits per heavy atom. The number of nitrogens with one attached hydrogen (secondary N) is 3. The molecule has 2 bridgehead atoms. The smallest absolute Gasteiger partial charge is 0.328 e. The van der Waals surface area contributed by atoms with Crippen LogP contribution in [-0.4, -0.2) is 62.9 Å². The second-order valence-corrected chi connectivity index (χ2v) is 9.69. The van der Waals surface area contributed by atoms with Gasteiger partial charge in [-0.2, -0.15) is 0 Å². The number of rotatable bonds is 5. The molecular formula is C23H29N5O6S2. The van der Waals surface area contributed by atoms with Crippen molar-refractivity contribution in [3.05, 3.63) is 41.6 Å². The monoisotopic (exact) mass is 535 g/mol. The average molecular weight is 536 g/mol. The Bertz CT molecular complexity index is 1080. The van der Waals surface area contributed by atoms with Crippen LogP contribution in [-0.2, 0) is 30.5 Å². The Balaban J connectivity index is 2.32. The van der Waals surface area contributed by atoms with E-state index in [0.29, 0.717) is 22.8 Å². The van der Waals surface area contributed by atoms with E-state index in [1.807, 2.05) is 6.26 Å². The van der Waals surface area contributed by atoms with Crippen molar-refractivity contribution in [2.24, 2.45) is 0 Å². The molecule has 1 aromatic heterocycles. The first-order chi connectivity index (χ1) is 17.1. The van der Waals surface area contributed by atoms with Gasteiger partial charge in [-0.3, -0.25) is 19.2 Å². The largest absolute Gasteiger partial charge is 0.456 e. The molecule has 194 valence electrons. The minimum atomic E-state index is -1.06. The Morgan fingerprint density at radius 2 is 2.00 bits per heavy atom. The predicted molar refractivity (Wildman–Crippen MR) is 136 cm³/mol. The number of fused-ring (bicyclic) bond motifs is 2. The van der Waals surface area contributed by atoms with Crippen LogP contribution >= 0.6 is 23.5 Å². The minimum Gasteiger partial charge on any atom is -0.456 e. The number of nitrogens with zero attached hydrogens (tertiary/aromatic N) is 2. The third-order valence-electron chi connectivity index (χ3n) is 4.78. The molecule has 0 saturated carbocycles. The van der Waals surface area contributed by atoms with Gasteiger partial charge in [-0.1, -0.05) is 23.9 Å². The fourth-order valence-corrected chi connectivity index (χ4v) is 3.99. The minimum absolute atomic E-state index is 0.00217. The van der Waals surface area contributed by atoms with Gasteiger partial charge in [-0.05, 0) is 32.6 Å². The maximum absolute atomic E-state index is 12.7. The molecule has 0 aliphatic carbocycles. The summed E-state index contributed by atoms with van der Waals surface area (Å²) in [5.74, 6) is -2.20. The molecule has 0 spiro atoms. The molecule has 11 nitrogen and oxygen atoms in total. The molecule has 0 fully saturated rings. The maximum Gasteiger partial charge on any atom is 0.328 e. The summed E-state index contributed by atoms with van der Waals surface area (Å²) in [6, 6.07) is -1.06. The third kappa shape index (κ3) is 9.11. The van der Waals surface area contributed by atoms with Crippen molar-refractivity contribution >= 4 is 52.3 Å². The Morgan fingerprint density at radius 1 is 1.25 bits per heavy atom. The summed E-state index contributed by atoms with van der Waals surface area (Å²) in [4.78, 5) is 70.7. The molecule has 36 heavy (non-hydrogen) atoms. The summed E-state index contributed by atoms with van der Waals surface area (Å²) in [6.07, 6.45) is 7.46. The first kappa shape index (κ1) is 29.0. The van der Waals surface area contributed by atoms with Gasteiger partial charge in [0.2, 0.25) is 11.7 Å². The first-order valence-corrected chi connectivity index (χ1v) is 13.3. The highest BCUT2D eigenvalue weighted by Crippen LogP contribution is 2.18. The second kappa shape index (κ2) is 14.4. The molecule has 0 saturated heterocycles. The summed E-state index contributed by atoms with van der Waals surface area (Å²) in [7, 11) is 0. The number of cyclic esters (lactones) is 1. The molecular weight excluding hydrogens is 506 g/mol. The Hall–Kier alpha value is -3.19. The molecule has 0 unspecified atom stereocenters. The van der Waals surface area contributed by atoms with Crippen LogP contribution in [0.5, 0.6) is 0 Å². The lowest BCUT2D eigenvalue weighted by Crippen LogP contribution is -2.44. The molecule has 3 N–H and O–H groups in total. The van der Waals surface area contributed by atoms with Crippen LogP contribution in [0.15, 0.2) is 35.0 Å². The van der Waals surface area contributed by atoms with Gasteiger partial charge in [0, 0.05) is 23.8 Å². The number of hydrogen-bond acceptors (Lipinski definition) is 10. The van der Waals surface area contributed by atoms with E-state index in [2.05, 4.69) is 25.9 Å². The van der Waals surface area contributed by atoms with Crippen molar-refractivity contribution in [2.45, 2.75) is 57.2 Å². The summed E-state index contributed by atoms with van der Waals surface area (Å²) in [5, 5.41) is 7.65. The molecule has 1 aliphatic rings. The number of carbonyl (C=O) groups is 5. The van der Waals surface area contributed by atoms with E-state index in [1.54, 1.807) is 19.1 Å². The molecule has 13 heteroatoms. The van der Waals surface area contributed by atoms with Crippen LogP contribution in [0.1, 0.15) is 49.9 Å². The van der Waals surface area contributed by atoms with E-state index in [9.17, 15) is 24.0 Å². The number of thioether (sulfide) groups is 2. The lowest BCUT2D eigenvalue weighted by molar-refractivity contribution is -0.151. The molecule has 1 aliphatic heterocycles. The van der Waals surface area contributed by atoms with Gasteiger partial charge in [-0.25, -0.2) is 14.8 Å². The van der Waals surface area contributed by atoms with E-state index in [0.717, 1.165) is 0 Å². The number of allylic oxidation sites excluding steroid dienone is 2. The zero-order valence-electron chi connectivity index (χ0n) is 20.5. The molecule has 2 atom stereocenters. The van der Waals surface area contributed by atoms with Crippen molar-refractivity contribution in [1.82, 2.24) is 25.9 Å². The van der Waals surface area contributed by atoms with Gasteiger partial charge < -0.3 is 20.7 Å². The highest BCUT2D eigenvalue weighted by atomic mass is 32.2. The number of hydrogen-bond donors (Lipinski definition) is 3. The molecule has 3 amide bonds. The van der Waals surface area contributed by atoms with Crippen LogP contribution in [0, 0.1) is 0 Å². The quantitative estimate of drug-likeness (QED) is 0.166. The Kier molecular flexibility index (Phi) is 11.6. The average Bonchev–Trinajstić information content (AvgIpc) is 2.84. The van der Waals surface area contributed by atoms with E-state index in [4.69, 9.17) is 4.74 Å². The van der Waals surface area contributed by atoms with E-state index in [1.165, 1.54) is 49.6 Å². The van der Waals surface area contributed by atoms with Crippen molar-refractivity contribution in [2.75, 3.05) is 12.0 Å². The van der Waals surface area contributed by atoms with Gasteiger partial charge >= 0.3 is 5.97 Å². The summed E-state index contributed by atoms with van der Waals surface area (Å²) in [5.41, 5.74) is 0.340. The number of carbonyl (C=O) groups excluding carboxylic acids is 5. The highest BCUT2D eigenvalue weighted by molar-refractivity contribution is 8.13. The zero-order valence-corrected chi connectivity index (χ0v) is 22.1. The first-order valence-electron chi connectivity index (χ1n) is 11.1. The Labute approximate surface area is 217 Å². The summed E-state index contributed by atoms with van der Waals surface area (Å²) in [6.45, 7) is 4.48. The molecule has 1 aromatic rings. The SMILES string of the molecule is C/C=C1\NC(=O)c2ncc(SC)c(n2)CNC(=O)C[C@@H](/C=C/CCSC(C)=O)OC(=O)[C@H](C)NC1=O. The van der Waals surface area contributed by atoms with Gasteiger partial charge in [0.05, 0.1) is 18.7 Å². The van der Waals surface area contributed by atoms with Gasteiger partial charge in [0.1, 0.15) is 17.8 Å². The topological polar surface area (TPSA) is 156 Å². The van der Waals surface area contributed by atoms with Crippen molar-refractivity contribution in [3.8, 4) is 0 Å². The number of esters is 1. The predicted octanol–water partition coefficient (Wildman–Crippen LogP) is 1.49. The fourth-order valence-electron chi connectivity index (χ4n) is 2.94. The van der Waals surface area contributed by atoms with Crippen LogP contribution < -0.4 is 16.0 Å². The van der Waals surface area contributed by atoms with Crippen LogP contribution in [0.4, 0.5) is 0 Å². The molecule has 2 rings (SSSR count). The van der Waals surface area contributed by atoms with E-state index < -0.39 is 35.8 Å². The standard InChI is InChI=1S/C23H29N5O6S2/c1-5-16-21(31)26-13(2)23(33)34-15(8-6-7-9-36-14(3)29)10-19(30)24-11-17-18(35-4)12-25-20(27-17)22(32)28-16/h5-6,8,12-13,15H,7,9-11H2,1-4H3,(H,24,30)(H,26,31)(H,28,32)/b8-6+,16-5-/t13-,15+/m0/s1. The fraction of sp³-hybridized carbons (Fsp3) is 0.435. The second-order valence-electron chi connectivity index (χ2n) is 7.57. The normalized spacial score (nSPS) is 21.1. The van der Waals surface area contributed by atoms with E-state index in [-0.39, 0.29) is 29.6 Å². The van der Waals surface area contributed by atoms with Gasteiger partial charge in [0.25, 0.3) is 11.8 Å². The van der Waals surface area contributed by atoms with Crippen molar-refractivity contribution < 1.29 is 28.7 Å². The lowest BCUT2D eigenvalue weighted by atomic mass is 10.2. The molecule has 0 radical (unpaired) electrons. The van der Waals surface area contributed by atoms with Crippen LogP contribution in [0.3, 0.4) is 0 Å². The summed E-state index contributed by atoms with van der Waals surface area (Å²) >= 11 is 2.52. The maximum atomic E-state index is 12.7. The van der Waals surface area contributed by atoms with Gasteiger partial charge in [-0.15, -0.1) is 11.8 Å². The summed E-state index contributed by atoms with van der Waals surface area (Å²) < 4.78 is 5.48. The number of amides is 3. The number of ether oxygens (including phenoxy) is 1. The molecule has 2 heterocycles. The van der Waals surface area contributed by atoms with Crippen molar-refractivity contribution in [1.29, 1.82) is 0 Å². The van der Waals surface area contributed by atoms with E-state index >= 15 is 0 Å². The van der Waals surface area contributed by atoms with Crippen LogP contribution in [0.2, 0.25) is 0 Å². The van der Waals surface area contributed by atoms with Crippen molar-refractivity contribution in [3.63, 3.8) is 0 Å². The van der Waals surface area contributed by atoms with Gasteiger partial charge in [0.15, 0.2) is 5.12 Å². The number of aromatic nitrogens is 2. The molecule has 0 aromatic carbocycles. The van der Waals surface area contributed by atoms with Crippen LogP contribution in [0.25, 0.3) is 0 Å². The lowest BCUT2D eigenvalue weighted by Gasteiger charge is -2.20. The highest BCUT2D eigenvalue weighted by Gasteiger charge is 2.25. The zero-order chi connectivity index (χ0) is 26.7. The third-order valence-corrected chi connectivity index (χ3v) is 6.41.